The molecule has 0 unspecified atom stereocenters. The molecule has 0 aromatic heterocycles. The highest BCUT2D eigenvalue weighted by Gasteiger charge is 2.31. The van der Waals surface area contributed by atoms with Crippen LogP contribution in [0.15, 0.2) is 30.3 Å². The Morgan fingerprint density at radius 2 is 1.64 bits per heavy atom. The molecule has 1 aromatic carbocycles. The smallest absolute Gasteiger partial charge is 0.243 e. The van der Waals surface area contributed by atoms with E-state index in [0.29, 0.717) is 32.2 Å². The van der Waals surface area contributed by atoms with E-state index in [1.165, 1.54) is 6.92 Å². The maximum Gasteiger partial charge on any atom is 0.243 e. The topological polar surface area (TPSA) is 111 Å². The fourth-order valence-electron chi connectivity index (χ4n) is 4.95. The van der Waals surface area contributed by atoms with Gasteiger partial charge in [0.1, 0.15) is 12.1 Å². The van der Waals surface area contributed by atoms with E-state index in [1.807, 2.05) is 71.2 Å². The number of Topliss-reactive ketones (excluding diaryl/α,β-unsaturated/α-hetero) is 1. The summed E-state index contributed by atoms with van der Waals surface area (Å²) in [6.07, 6.45) is 3.67. The second-order valence-electron chi connectivity index (χ2n) is 11.7. The van der Waals surface area contributed by atoms with E-state index in [-0.39, 0.29) is 29.4 Å². The molecule has 0 bridgehead atoms. The van der Waals surface area contributed by atoms with E-state index in [2.05, 4.69) is 20.8 Å². The molecule has 2 rings (SSSR count). The molecular formula is C29H48BN5O4. The van der Waals surface area contributed by atoms with Gasteiger partial charge in [0, 0.05) is 12.3 Å². The van der Waals surface area contributed by atoms with Crippen LogP contribution in [0.2, 0.25) is 0 Å². The Bertz CT molecular complexity index is 943. The molecule has 0 radical (unpaired) electrons. The van der Waals surface area contributed by atoms with E-state index in [1.54, 1.807) is 0 Å². The van der Waals surface area contributed by atoms with E-state index >= 15 is 0 Å². The first-order valence-electron chi connectivity index (χ1n) is 14.2. The first-order chi connectivity index (χ1) is 18.5. The van der Waals surface area contributed by atoms with Crippen molar-refractivity contribution in [3.05, 3.63) is 35.9 Å². The zero-order chi connectivity index (χ0) is 28.9. The number of hydrogen-bond donors (Lipinski definition) is 3. The number of nitrogens with one attached hydrogen (secondary N) is 3. The van der Waals surface area contributed by atoms with Crippen molar-refractivity contribution in [1.29, 1.82) is 0 Å². The van der Waals surface area contributed by atoms with Crippen molar-refractivity contribution in [2.24, 2.45) is 11.8 Å². The van der Waals surface area contributed by atoms with Crippen molar-refractivity contribution in [1.82, 2.24) is 25.7 Å². The quantitative estimate of drug-likeness (QED) is 0.285. The average molecular weight is 542 g/mol. The Labute approximate surface area is 235 Å². The summed E-state index contributed by atoms with van der Waals surface area (Å²) < 4.78 is 0. The Balaban J connectivity index is 2.21. The second-order valence-corrected chi connectivity index (χ2v) is 11.7. The number of piperidine rings is 1. The van der Waals surface area contributed by atoms with Gasteiger partial charge in [-0.3, -0.25) is 19.2 Å². The van der Waals surface area contributed by atoms with Gasteiger partial charge >= 0.3 is 0 Å². The summed E-state index contributed by atoms with van der Waals surface area (Å²) in [5.74, 6) is -0.972. The third-order valence-corrected chi connectivity index (χ3v) is 7.16. The number of hydrogen-bond acceptors (Lipinski definition) is 6. The van der Waals surface area contributed by atoms with E-state index in [4.69, 9.17) is 0 Å². The van der Waals surface area contributed by atoms with Crippen LogP contribution in [0.4, 0.5) is 0 Å². The minimum atomic E-state index is -0.824. The van der Waals surface area contributed by atoms with Gasteiger partial charge in [0.05, 0.1) is 6.04 Å². The van der Waals surface area contributed by atoms with Crippen molar-refractivity contribution in [3.63, 3.8) is 0 Å². The zero-order valence-corrected chi connectivity index (χ0v) is 24.7. The summed E-state index contributed by atoms with van der Waals surface area (Å²) in [4.78, 5) is 56.6. The Morgan fingerprint density at radius 3 is 2.23 bits per heavy atom. The third-order valence-electron chi connectivity index (χ3n) is 7.16. The standard InChI is InChI=1S/C29H48BN5O4/c1-20(2)17-25(21(3)36)32-28(38)24(14-10-15-34(4)5)31-29(39)26(18-22-11-7-6-8-12-22)33-27(37)23-13-9-16-35(30)19-23/h6-8,11-12,20,23-26H,9-10,13-19,30H2,1-5H3,(H,31,39)(H,32,38)(H,33,37)/t23-,24+,25-,26-/m0/s1. The monoisotopic (exact) mass is 541 g/mol. The van der Waals surface area contributed by atoms with Crippen LogP contribution in [0.5, 0.6) is 0 Å². The van der Waals surface area contributed by atoms with Crippen molar-refractivity contribution in [2.45, 2.75) is 77.4 Å². The third kappa shape index (κ3) is 11.9. The summed E-state index contributed by atoms with van der Waals surface area (Å²) in [6.45, 7) is 7.84. The van der Waals surface area contributed by atoms with Gasteiger partial charge in [0.25, 0.3) is 0 Å². The van der Waals surface area contributed by atoms with Crippen LogP contribution < -0.4 is 16.0 Å². The van der Waals surface area contributed by atoms with Crippen molar-refractivity contribution in [3.8, 4) is 0 Å². The average Bonchev–Trinajstić information content (AvgIpc) is 2.87. The fourth-order valence-corrected chi connectivity index (χ4v) is 4.95. The fraction of sp³-hybridized carbons (Fsp3) is 0.655. The Hall–Kier alpha value is -2.72. The van der Waals surface area contributed by atoms with Crippen LogP contribution in [0.25, 0.3) is 0 Å². The lowest BCUT2D eigenvalue weighted by Crippen LogP contribution is -2.57. The molecule has 216 valence electrons. The number of nitrogens with zero attached hydrogens (tertiary/aromatic N) is 2. The summed E-state index contributed by atoms with van der Waals surface area (Å²) in [5.41, 5.74) is 0.917. The van der Waals surface area contributed by atoms with Crippen LogP contribution in [-0.2, 0) is 25.6 Å². The van der Waals surface area contributed by atoms with Gasteiger partial charge in [0.15, 0.2) is 13.8 Å². The summed E-state index contributed by atoms with van der Waals surface area (Å²) >= 11 is 0. The van der Waals surface area contributed by atoms with Crippen LogP contribution in [0.3, 0.4) is 0 Å². The van der Waals surface area contributed by atoms with Gasteiger partial charge in [-0.25, -0.2) is 0 Å². The highest BCUT2D eigenvalue weighted by atomic mass is 16.2. The summed E-state index contributed by atoms with van der Waals surface area (Å²) in [7, 11) is 5.91. The Kier molecular flexibility index (Phi) is 13.7. The first kappa shape index (κ1) is 32.5. The molecule has 3 N–H and O–H groups in total. The minimum absolute atomic E-state index is 0.109. The maximum atomic E-state index is 13.6. The number of amides is 3. The molecule has 1 fully saturated rings. The first-order valence-corrected chi connectivity index (χ1v) is 14.2. The normalized spacial score (nSPS) is 18.3. The molecule has 10 heteroatoms. The van der Waals surface area contributed by atoms with Crippen molar-refractivity contribution < 1.29 is 19.2 Å². The number of carbonyl (C=O) groups is 4. The van der Waals surface area contributed by atoms with Gasteiger partial charge in [0.2, 0.25) is 17.7 Å². The van der Waals surface area contributed by atoms with Crippen LogP contribution in [0, 0.1) is 11.8 Å². The number of rotatable bonds is 15. The molecule has 0 saturated carbocycles. The molecule has 4 atom stereocenters. The minimum Gasteiger partial charge on any atom is -0.348 e. The van der Waals surface area contributed by atoms with E-state index in [0.717, 1.165) is 31.5 Å². The van der Waals surface area contributed by atoms with E-state index in [9.17, 15) is 19.2 Å². The lowest BCUT2D eigenvalue weighted by atomic mass is 9.94. The summed E-state index contributed by atoms with van der Waals surface area (Å²) in [5, 5.41) is 8.77. The van der Waals surface area contributed by atoms with Gasteiger partial charge < -0.3 is 25.7 Å². The number of ketones is 1. The van der Waals surface area contributed by atoms with Gasteiger partial charge in [-0.05, 0) is 84.2 Å². The molecule has 1 aliphatic rings. The molecule has 1 aromatic rings. The van der Waals surface area contributed by atoms with Crippen LogP contribution >= 0.6 is 0 Å². The molecule has 1 heterocycles. The molecule has 39 heavy (non-hydrogen) atoms. The molecule has 1 saturated heterocycles. The molecule has 0 spiro atoms. The van der Waals surface area contributed by atoms with Crippen molar-refractivity contribution >= 4 is 31.5 Å². The largest absolute Gasteiger partial charge is 0.348 e. The number of carbonyl (C=O) groups excluding carboxylic acids is 4. The zero-order valence-electron chi connectivity index (χ0n) is 24.7. The van der Waals surface area contributed by atoms with Gasteiger partial charge in [-0.1, -0.05) is 44.2 Å². The van der Waals surface area contributed by atoms with Crippen LogP contribution in [0.1, 0.15) is 58.4 Å². The molecule has 3 amide bonds. The predicted octanol–water partition coefficient (Wildman–Crippen LogP) is 0.921. The number of benzene rings is 1. The maximum absolute atomic E-state index is 13.6. The SMILES string of the molecule is BN1CCC[C@H](C(=O)N[C@@H](Cc2ccccc2)C(=O)N[C@H](CCCN(C)C)C(=O)N[C@@H](CC(C)C)C(C)=O)C1. The molecule has 0 aliphatic carbocycles. The molecular weight excluding hydrogens is 493 g/mol. The van der Waals surface area contributed by atoms with Gasteiger partial charge in [-0.15, -0.1) is 0 Å². The summed E-state index contributed by atoms with van der Waals surface area (Å²) in [6, 6.07) is 7.30. The molecule has 1 aliphatic heterocycles. The van der Waals surface area contributed by atoms with E-state index < -0.39 is 24.0 Å². The highest BCUT2D eigenvalue weighted by molar-refractivity contribution is 6.04. The Morgan fingerprint density at radius 1 is 1.00 bits per heavy atom. The van der Waals surface area contributed by atoms with Crippen molar-refractivity contribution in [2.75, 3.05) is 33.7 Å². The lowest BCUT2D eigenvalue weighted by Gasteiger charge is -2.31. The molecule has 9 nitrogen and oxygen atoms in total. The second kappa shape index (κ2) is 16.4. The van der Waals surface area contributed by atoms with Gasteiger partial charge in [-0.2, -0.15) is 0 Å². The predicted molar refractivity (Wildman–Crippen MR) is 157 cm³/mol. The van der Waals surface area contributed by atoms with Crippen LogP contribution in [-0.4, -0.2) is 93.1 Å². The lowest BCUT2D eigenvalue weighted by molar-refractivity contribution is -0.134. The highest BCUT2D eigenvalue weighted by Crippen LogP contribution is 2.16.